The van der Waals surface area contributed by atoms with E-state index in [0.717, 1.165) is 30.8 Å². The number of amides is 1. The highest BCUT2D eigenvalue weighted by atomic mass is 19.1. The van der Waals surface area contributed by atoms with E-state index in [1.807, 2.05) is 18.2 Å². The Balaban J connectivity index is 1.35. The van der Waals surface area contributed by atoms with Gasteiger partial charge in [-0.2, -0.15) is 0 Å². The van der Waals surface area contributed by atoms with Gasteiger partial charge in [0.05, 0.1) is 6.54 Å². The van der Waals surface area contributed by atoms with Crippen molar-refractivity contribution in [2.45, 2.75) is 19.5 Å². The van der Waals surface area contributed by atoms with Crippen LogP contribution in [-0.4, -0.2) is 48.9 Å². The third-order valence-electron chi connectivity index (χ3n) is 6.26. The topological polar surface area (TPSA) is 35.6 Å². The van der Waals surface area contributed by atoms with Crippen molar-refractivity contribution < 1.29 is 9.18 Å². The molecule has 148 valence electrons. The fraction of sp³-hybridized carbons (Fsp3) is 0.435. The summed E-state index contributed by atoms with van der Waals surface area (Å²) in [5.41, 5.74) is 3.39. The van der Waals surface area contributed by atoms with Crippen LogP contribution < -0.4 is 5.32 Å². The molecule has 3 atom stereocenters. The van der Waals surface area contributed by atoms with Crippen molar-refractivity contribution in [1.82, 2.24) is 15.1 Å². The van der Waals surface area contributed by atoms with Crippen LogP contribution in [0.25, 0.3) is 0 Å². The second-order valence-corrected chi connectivity index (χ2v) is 8.26. The Morgan fingerprint density at radius 2 is 1.96 bits per heavy atom. The monoisotopic (exact) mass is 381 g/mol. The van der Waals surface area contributed by atoms with Gasteiger partial charge in [0.2, 0.25) is 5.91 Å². The molecular weight excluding hydrogens is 353 g/mol. The van der Waals surface area contributed by atoms with E-state index in [1.165, 1.54) is 11.6 Å². The lowest BCUT2D eigenvalue weighted by atomic mass is 9.89. The summed E-state index contributed by atoms with van der Waals surface area (Å²) in [6.07, 6.45) is 0. The quantitative estimate of drug-likeness (QED) is 0.865. The maximum absolute atomic E-state index is 13.7. The van der Waals surface area contributed by atoms with E-state index >= 15 is 0 Å². The van der Waals surface area contributed by atoms with Gasteiger partial charge in [-0.25, -0.2) is 4.39 Å². The molecule has 1 N–H and O–H groups in total. The first-order valence-corrected chi connectivity index (χ1v) is 10.0. The third-order valence-corrected chi connectivity index (χ3v) is 6.26. The number of likely N-dealkylation sites (tertiary alicyclic amines) is 2. The van der Waals surface area contributed by atoms with Gasteiger partial charge in [-0.3, -0.25) is 14.6 Å². The van der Waals surface area contributed by atoms with E-state index in [9.17, 15) is 9.18 Å². The molecule has 1 amide bonds. The van der Waals surface area contributed by atoms with Crippen LogP contribution in [0.15, 0.2) is 48.5 Å². The lowest BCUT2D eigenvalue weighted by Crippen LogP contribution is -2.37. The molecule has 2 aromatic rings. The molecule has 0 aliphatic carbocycles. The molecule has 0 bridgehead atoms. The molecule has 4 rings (SSSR count). The van der Waals surface area contributed by atoms with Crippen molar-refractivity contribution in [2.75, 3.05) is 33.2 Å². The molecule has 0 spiro atoms. The zero-order valence-electron chi connectivity index (χ0n) is 16.6. The number of nitrogens with one attached hydrogen (secondary N) is 1. The van der Waals surface area contributed by atoms with E-state index in [-0.39, 0.29) is 17.8 Å². The van der Waals surface area contributed by atoms with E-state index in [2.05, 4.69) is 41.2 Å². The number of aryl methyl sites for hydroxylation is 1. The van der Waals surface area contributed by atoms with Crippen LogP contribution in [-0.2, 0) is 11.3 Å². The molecule has 0 saturated carbocycles. The van der Waals surface area contributed by atoms with Gasteiger partial charge >= 0.3 is 0 Å². The molecule has 0 unspecified atom stereocenters. The smallest absolute Gasteiger partial charge is 0.234 e. The molecule has 2 aliphatic rings. The maximum Gasteiger partial charge on any atom is 0.234 e. The standard InChI is InChI=1S/C23H28FN3O/c1-16-6-3-4-7-18(16)11-25-22(28)15-27-13-19-12-26(2)23(21(19)14-27)17-8-5-9-20(24)10-17/h3-10,19,21,23H,11-15H2,1-2H3,(H,25,28)/t19-,21+,23-/m0/s1. The van der Waals surface area contributed by atoms with Crippen molar-refractivity contribution in [3.63, 3.8) is 0 Å². The van der Waals surface area contributed by atoms with Gasteiger partial charge in [-0.05, 0) is 54.6 Å². The summed E-state index contributed by atoms with van der Waals surface area (Å²) in [5.74, 6) is 0.858. The lowest BCUT2D eigenvalue weighted by Gasteiger charge is -2.26. The van der Waals surface area contributed by atoms with E-state index in [1.54, 1.807) is 12.1 Å². The van der Waals surface area contributed by atoms with Crippen LogP contribution in [0.1, 0.15) is 22.7 Å². The first kappa shape index (κ1) is 19.1. The van der Waals surface area contributed by atoms with E-state index < -0.39 is 0 Å². The van der Waals surface area contributed by atoms with Crippen LogP contribution in [0.3, 0.4) is 0 Å². The highest BCUT2D eigenvalue weighted by Crippen LogP contribution is 2.43. The van der Waals surface area contributed by atoms with Crippen molar-refractivity contribution >= 4 is 5.91 Å². The summed E-state index contributed by atoms with van der Waals surface area (Å²) >= 11 is 0. The second-order valence-electron chi connectivity index (χ2n) is 8.26. The fourth-order valence-electron chi connectivity index (χ4n) is 4.93. The van der Waals surface area contributed by atoms with Gasteiger partial charge in [-0.15, -0.1) is 0 Å². The molecule has 0 radical (unpaired) electrons. The van der Waals surface area contributed by atoms with Crippen molar-refractivity contribution in [2.24, 2.45) is 11.8 Å². The van der Waals surface area contributed by atoms with Gasteiger partial charge in [0.25, 0.3) is 0 Å². The Morgan fingerprint density at radius 1 is 1.14 bits per heavy atom. The number of benzene rings is 2. The minimum atomic E-state index is -0.181. The van der Waals surface area contributed by atoms with Gasteiger partial charge in [0.1, 0.15) is 5.82 Å². The summed E-state index contributed by atoms with van der Waals surface area (Å²) in [6, 6.07) is 15.3. The van der Waals surface area contributed by atoms with Gasteiger partial charge in [0, 0.05) is 32.2 Å². The minimum Gasteiger partial charge on any atom is -0.351 e. The van der Waals surface area contributed by atoms with Crippen LogP contribution in [0.5, 0.6) is 0 Å². The average molecular weight is 381 g/mol. The minimum absolute atomic E-state index is 0.0684. The molecule has 5 heteroatoms. The van der Waals surface area contributed by atoms with Crippen LogP contribution >= 0.6 is 0 Å². The Kier molecular flexibility index (Phi) is 5.47. The molecular formula is C23H28FN3O. The van der Waals surface area contributed by atoms with Crippen LogP contribution in [0, 0.1) is 24.6 Å². The van der Waals surface area contributed by atoms with Crippen LogP contribution in [0.2, 0.25) is 0 Å². The molecule has 2 fully saturated rings. The lowest BCUT2D eigenvalue weighted by molar-refractivity contribution is -0.122. The molecule has 4 nitrogen and oxygen atoms in total. The van der Waals surface area contributed by atoms with E-state index in [0.29, 0.717) is 24.9 Å². The summed E-state index contributed by atoms with van der Waals surface area (Å²) < 4.78 is 13.7. The highest BCUT2D eigenvalue weighted by molar-refractivity contribution is 5.78. The Morgan fingerprint density at radius 3 is 2.75 bits per heavy atom. The summed E-state index contributed by atoms with van der Waals surface area (Å²) in [6.45, 7) is 5.87. The number of nitrogens with zero attached hydrogens (tertiary/aromatic N) is 2. The molecule has 2 heterocycles. The van der Waals surface area contributed by atoms with Crippen molar-refractivity contribution in [1.29, 1.82) is 0 Å². The number of hydrogen-bond acceptors (Lipinski definition) is 3. The molecule has 2 aliphatic heterocycles. The number of rotatable bonds is 5. The number of hydrogen-bond donors (Lipinski definition) is 1. The largest absolute Gasteiger partial charge is 0.351 e. The summed E-state index contributed by atoms with van der Waals surface area (Å²) in [5, 5.41) is 3.05. The van der Waals surface area contributed by atoms with Crippen LogP contribution in [0.4, 0.5) is 4.39 Å². The SMILES string of the molecule is Cc1ccccc1CNC(=O)CN1C[C@@H]2CN(C)[C@@H](c3cccc(F)c3)[C@@H]2C1. The Bertz CT molecular complexity index is 855. The van der Waals surface area contributed by atoms with Gasteiger partial charge in [0.15, 0.2) is 0 Å². The van der Waals surface area contributed by atoms with Gasteiger partial charge in [-0.1, -0.05) is 36.4 Å². The number of halogens is 1. The molecule has 2 aromatic carbocycles. The molecule has 28 heavy (non-hydrogen) atoms. The second kappa shape index (κ2) is 8.02. The first-order chi connectivity index (χ1) is 13.5. The predicted molar refractivity (Wildman–Crippen MR) is 108 cm³/mol. The number of fused-ring (bicyclic) bond motifs is 1. The normalized spacial score (nSPS) is 25.0. The zero-order valence-corrected chi connectivity index (χ0v) is 16.6. The predicted octanol–water partition coefficient (Wildman–Crippen LogP) is 2.99. The number of carbonyl (C=O) groups is 1. The first-order valence-electron chi connectivity index (χ1n) is 10.0. The average Bonchev–Trinajstić information content (AvgIpc) is 3.16. The molecule has 2 saturated heterocycles. The highest BCUT2D eigenvalue weighted by Gasteiger charge is 2.46. The van der Waals surface area contributed by atoms with E-state index in [4.69, 9.17) is 0 Å². The Hall–Kier alpha value is -2.24. The summed E-state index contributed by atoms with van der Waals surface area (Å²) in [4.78, 5) is 17.0. The fourth-order valence-corrected chi connectivity index (χ4v) is 4.93. The molecule has 0 aromatic heterocycles. The van der Waals surface area contributed by atoms with Crippen molar-refractivity contribution in [3.05, 3.63) is 71.0 Å². The number of carbonyl (C=O) groups excluding carboxylic acids is 1. The van der Waals surface area contributed by atoms with Crippen molar-refractivity contribution in [3.8, 4) is 0 Å². The Labute approximate surface area is 166 Å². The maximum atomic E-state index is 13.7. The van der Waals surface area contributed by atoms with Gasteiger partial charge < -0.3 is 5.32 Å². The zero-order chi connectivity index (χ0) is 19.7. The third kappa shape index (κ3) is 3.96. The summed E-state index contributed by atoms with van der Waals surface area (Å²) in [7, 11) is 2.12.